The maximum Gasteiger partial charge on any atom is 0.446 e. The summed E-state index contributed by atoms with van der Waals surface area (Å²) in [4.78, 5) is 11.8. The lowest BCUT2D eigenvalue weighted by Crippen LogP contribution is -2.09. The molecule has 112 valence electrons. The molecule has 0 heterocycles. The Hall–Kier alpha value is -0.880. The van der Waals surface area contributed by atoms with Gasteiger partial charge >= 0.3 is 11.5 Å². The predicted octanol–water partition coefficient (Wildman–Crippen LogP) is 4.65. The van der Waals surface area contributed by atoms with E-state index in [0.717, 1.165) is 0 Å². The zero-order valence-corrected chi connectivity index (χ0v) is 12.4. The van der Waals surface area contributed by atoms with Crippen molar-refractivity contribution < 1.29 is 22.7 Å². The molecule has 0 saturated heterocycles. The maximum atomic E-state index is 12.4. The molecule has 20 heavy (non-hydrogen) atoms. The number of hydrogen-bond acceptors (Lipinski definition) is 3. The molecule has 1 rings (SSSR count). The monoisotopic (exact) mass is 326 g/mol. The fraction of sp³-hybridized carbons (Fsp3) is 0.462. The second-order valence-electron chi connectivity index (χ2n) is 3.88. The van der Waals surface area contributed by atoms with Crippen LogP contribution in [0.2, 0.25) is 0 Å². The third-order valence-corrected chi connectivity index (χ3v) is 3.38. The van der Waals surface area contributed by atoms with Gasteiger partial charge in [0.25, 0.3) is 0 Å². The smallest absolute Gasteiger partial charge is 0.446 e. The number of thioether (sulfide) groups is 1. The fourth-order valence-corrected chi connectivity index (χ4v) is 2.34. The van der Waals surface area contributed by atoms with Crippen molar-refractivity contribution in [3.63, 3.8) is 0 Å². The van der Waals surface area contributed by atoms with Crippen LogP contribution in [0.4, 0.5) is 13.2 Å². The van der Waals surface area contributed by atoms with E-state index in [1.54, 1.807) is 6.92 Å². The number of aryl methyl sites for hydroxylation is 1. The second-order valence-corrected chi connectivity index (χ2v) is 5.40. The standard InChI is InChI=1S/C13H14ClF3O2S/c1-2-19-12(18)11-8-10(20-13(15,16)17)6-5-9(11)4-3-7-14/h5-6,8H,2-4,7H2,1H3. The van der Waals surface area contributed by atoms with Gasteiger partial charge in [0.05, 0.1) is 12.2 Å². The molecule has 0 aromatic heterocycles. The van der Waals surface area contributed by atoms with Crippen LogP contribution < -0.4 is 0 Å². The van der Waals surface area contributed by atoms with Crippen LogP contribution in [0, 0.1) is 0 Å². The molecular formula is C13H14ClF3O2S. The molecule has 1 aromatic rings. The van der Waals surface area contributed by atoms with Gasteiger partial charge in [-0.05, 0) is 49.2 Å². The molecule has 0 amide bonds. The number of carbonyl (C=O) groups is 1. The van der Waals surface area contributed by atoms with Crippen LogP contribution in [0.15, 0.2) is 23.1 Å². The SMILES string of the molecule is CCOC(=O)c1cc(SC(F)(F)F)ccc1CCCCl. The second kappa shape index (κ2) is 7.78. The Kier molecular flexibility index (Phi) is 6.68. The molecule has 0 unspecified atom stereocenters. The van der Waals surface area contributed by atoms with Crippen molar-refractivity contribution in [1.29, 1.82) is 0 Å². The van der Waals surface area contributed by atoms with Crippen molar-refractivity contribution in [3.05, 3.63) is 29.3 Å². The Morgan fingerprint density at radius 3 is 2.65 bits per heavy atom. The number of rotatable bonds is 6. The number of hydrogen-bond donors (Lipinski definition) is 0. The van der Waals surface area contributed by atoms with Gasteiger partial charge in [-0.15, -0.1) is 11.6 Å². The van der Waals surface area contributed by atoms with Crippen molar-refractivity contribution in [3.8, 4) is 0 Å². The Morgan fingerprint density at radius 1 is 1.40 bits per heavy atom. The van der Waals surface area contributed by atoms with Gasteiger partial charge in [-0.3, -0.25) is 0 Å². The lowest BCUT2D eigenvalue weighted by Gasteiger charge is -2.11. The summed E-state index contributed by atoms with van der Waals surface area (Å²) in [5, 5.41) is 0. The Morgan fingerprint density at radius 2 is 2.10 bits per heavy atom. The van der Waals surface area contributed by atoms with Crippen LogP contribution >= 0.6 is 23.4 Å². The molecule has 0 bridgehead atoms. The van der Waals surface area contributed by atoms with Gasteiger partial charge in [0.15, 0.2) is 0 Å². The molecule has 0 fully saturated rings. The molecular weight excluding hydrogens is 313 g/mol. The van der Waals surface area contributed by atoms with E-state index in [4.69, 9.17) is 16.3 Å². The summed E-state index contributed by atoms with van der Waals surface area (Å²) in [6.07, 6.45) is 1.16. The summed E-state index contributed by atoms with van der Waals surface area (Å²) in [7, 11) is 0. The van der Waals surface area contributed by atoms with Gasteiger partial charge in [0.2, 0.25) is 0 Å². The largest absolute Gasteiger partial charge is 0.462 e. The molecule has 0 radical (unpaired) electrons. The number of ether oxygens (including phenoxy) is 1. The van der Waals surface area contributed by atoms with E-state index < -0.39 is 11.5 Å². The predicted molar refractivity (Wildman–Crippen MR) is 73.4 cm³/mol. The Labute approximate surface area is 124 Å². The van der Waals surface area contributed by atoms with Crippen molar-refractivity contribution in [2.24, 2.45) is 0 Å². The maximum absolute atomic E-state index is 12.4. The van der Waals surface area contributed by atoms with Gasteiger partial charge in [0.1, 0.15) is 0 Å². The molecule has 0 aliphatic rings. The molecule has 7 heteroatoms. The number of carbonyl (C=O) groups excluding carboxylic acids is 1. The summed E-state index contributed by atoms with van der Waals surface area (Å²) in [5.74, 6) is -0.192. The van der Waals surface area contributed by atoms with Crippen molar-refractivity contribution in [1.82, 2.24) is 0 Å². The van der Waals surface area contributed by atoms with E-state index >= 15 is 0 Å². The summed E-state index contributed by atoms with van der Waals surface area (Å²) in [6.45, 7) is 1.81. The first kappa shape index (κ1) is 17.2. The van der Waals surface area contributed by atoms with Crippen LogP contribution in [0.3, 0.4) is 0 Å². The van der Waals surface area contributed by atoms with Gasteiger partial charge in [-0.1, -0.05) is 6.07 Å². The molecule has 0 aliphatic heterocycles. The zero-order chi connectivity index (χ0) is 15.2. The van der Waals surface area contributed by atoms with Crippen molar-refractivity contribution in [2.75, 3.05) is 12.5 Å². The zero-order valence-electron chi connectivity index (χ0n) is 10.8. The summed E-state index contributed by atoms with van der Waals surface area (Å²) in [5.41, 5.74) is -3.56. The van der Waals surface area contributed by atoms with Crippen molar-refractivity contribution >= 4 is 29.3 Å². The quantitative estimate of drug-likeness (QED) is 0.432. The molecule has 0 spiro atoms. The fourth-order valence-electron chi connectivity index (χ4n) is 1.63. The summed E-state index contributed by atoms with van der Waals surface area (Å²) >= 11 is 5.34. The molecule has 0 atom stereocenters. The van der Waals surface area contributed by atoms with E-state index in [1.165, 1.54) is 18.2 Å². The van der Waals surface area contributed by atoms with E-state index in [2.05, 4.69) is 0 Å². The lowest BCUT2D eigenvalue weighted by molar-refractivity contribution is -0.0328. The van der Waals surface area contributed by atoms with E-state index in [-0.39, 0.29) is 28.8 Å². The van der Waals surface area contributed by atoms with E-state index in [9.17, 15) is 18.0 Å². The molecule has 2 nitrogen and oxygen atoms in total. The van der Waals surface area contributed by atoms with E-state index in [0.29, 0.717) is 24.3 Å². The van der Waals surface area contributed by atoms with Crippen LogP contribution in [-0.2, 0) is 11.2 Å². The first-order valence-electron chi connectivity index (χ1n) is 5.99. The minimum atomic E-state index is -4.39. The minimum absolute atomic E-state index is 0.0322. The first-order chi connectivity index (χ1) is 9.37. The third-order valence-electron chi connectivity index (χ3n) is 2.39. The average Bonchev–Trinajstić information content (AvgIpc) is 2.35. The molecule has 0 N–H and O–H groups in total. The highest BCUT2D eigenvalue weighted by molar-refractivity contribution is 8.00. The topological polar surface area (TPSA) is 26.3 Å². The van der Waals surface area contributed by atoms with Crippen LogP contribution in [0.1, 0.15) is 29.3 Å². The average molecular weight is 327 g/mol. The molecule has 1 aromatic carbocycles. The Bertz CT molecular complexity index is 463. The first-order valence-corrected chi connectivity index (χ1v) is 7.34. The van der Waals surface area contributed by atoms with Gasteiger partial charge < -0.3 is 4.74 Å². The normalized spacial score (nSPS) is 11.4. The van der Waals surface area contributed by atoms with Gasteiger partial charge in [0, 0.05) is 10.8 Å². The summed E-state index contributed by atoms with van der Waals surface area (Å²) < 4.78 is 41.9. The minimum Gasteiger partial charge on any atom is -0.462 e. The van der Waals surface area contributed by atoms with E-state index in [1.807, 2.05) is 0 Å². The number of benzene rings is 1. The lowest BCUT2D eigenvalue weighted by atomic mass is 10.0. The number of halogens is 4. The highest BCUT2D eigenvalue weighted by Crippen LogP contribution is 2.37. The Balaban J connectivity index is 3.04. The van der Waals surface area contributed by atoms with Crippen molar-refractivity contribution in [2.45, 2.75) is 30.2 Å². The van der Waals surface area contributed by atoms with Gasteiger partial charge in [-0.25, -0.2) is 4.79 Å². The van der Waals surface area contributed by atoms with Crippen LogP contribution in [0.5, 0.6) is 0 Å². The van der Waals surface area contributed by atoms with Crippen LogP contribution in [-0.4, -0.2) is 24.0 Å². The van der Waals surface area contributed by atoms with Gasteiger partial charge in [-0.2, -0.15) is 13.2 Å². The number of alkyl halides is 4. The summed E-state index contributed by atoms with van der Waals surface area (Å²) in [6, 6.07) is 4.09. The number of esters is 1. The highest BCUT2D eigenvalue weighted by Gasteiger charge is 2.29. The highest BCUT2D eigenvalue weighted by atomic mass is 35.5. The third kappa shape index (κ3) is 5.63. The van der Waals surface area contributed by atoms with Crippen LogP contribution in [0.25, 0.3) is 0 Å². The molecule has 0 saturated carbocycles. The molecule has 0 aliphatic carbocycles.